The third-order valence-electron chi connectivity index (χ3n) is 4.84. The summed E-state index contributed by atoms with van der Waals surface area (Å²) >= 11 is 1.08. The van der Waals surface area contributed by atoms with Gasteiger partial charge in [-0.2, -0.15) is 0 Å². The Morgan fingerprint density at radius 1 is 1.31 bits per heavy atom. The number of ether oxygens (including phenoxy) is 1. The van der Waals surface area contributed by atoms with E-state index in [-0.39, 0.29) is 34.8 Å². The van der Waals surface area contributed by atoms with Crippen molar-refractivity contribution in [2.75, 3.05) is 26.0 Å². The van der Waals surface area contributed by atoms with Crippen LogP contribution in [0.3, 0.4) is 0 Å². The lowest BCUT2D eigenvalue weighted by Gasteiger charge is -2.31. The first-order valence-corrected chi connectivity index (χ1v) is 10.2. The molecule has 1 atom stereocenters. The normalized spacial score (nSPS) is 16.6. The molecule has 0 aliphatic carbocycles. The van der Waals surface area contributed by atoms with E-state index < -0.39 is 11.9 Å². The first kappa shape index (κ1) is 20.8. The molecule has 2 N–H and O–H groups in total. The number of rotatable bonds is 6. The molecule has 1 aromatic heterocycles. The van der Waals surface area contributed by atoms with Crippen molar-refractivity contribution in [3.8, 4) is 0 Å². The van der Waals surface area contributed by atoms with Crippen LogP contribution in [0.4, 0.5) is 0 Å². The summed E-state index contributed by atoms with van der Waals surface area (Å²) in [6.07, 6.45) is 1.39. The van der Waals surface area contributed by atoms with Crippen molar-refractivity contribution in [1.82, 2.24) is 14.5 Å². The molecule has 0 radical (unpaired) electrons. The van der Waals surface area contributed by atoms with E-state index in [0.717, 1.165) is 11.8 Å². The first-order valence-electron chi connectivity index (χ1n) is 9.17. The third-order valence-corrected chi connectivity index (χ3v) is 5.80. The zero-order chi connectivity index (χ0) is 21.0. The van der Waals surface area contributed by atoms with Gasteiger partial charge in [0, 0.05) is 13.1 Å². The molecule has 29 heavy (non-hydrogen) atoms. The first-order chi connectivity index (χ1) is 13.9. The molecule has 0 spiro atoms. The number of likely N-dealkylation sites (tertiary alicyclic amines) is 1. The Kier molecular flexibility index (Phi) is 6.53. The molecule has 10 heteroatoms. The highest BCUT2D eigenvalue weighted by Gasteiger charge is 2.27. The third kappa shape index (κ3) is 4.76. The lowest BCUT2D eigenvalue weighted by atomic mass is 9.97. The van der Waals surface area contributed by atoms with E-state index in [1.165, 1.54) is 11.7 Å². The van der Waals surface area contributed by atoms with Gasteiger partial charge in [-0.3, -0.25) is 23.7 Å². The molecule has 154 valence electrons. The van der Waals surface area contributed by atoms with Gasteiger partial charge in [0.25, 0.3) is 5.56 Å². The molecule has 1 unspecified atom stereocenters. The van der Waals surface area contributed by atoms with Crippen LogP contribution in [0.2, 0.25) is 0 Å². The molecule has 2 aromatic rings. The number of piperidine rings is 1. The number of primary amides is 1. The van der Waals surface area contributed by atoms with E-state index in [4.69, 9.17) is 5.73 Å². The predicted molar refractivity (Wildman–Crippen MR) is 107 cm³/mol. The summed E-state index contributed by atoms with van der Waals surface area (Å²) in [4.78, 5) is 54.7. The minimum absolute atomic E-state index is 0.0252. The SMILES string of the molecule is COC(=O)Cn1c(SCC(=O)N2CCCC(C(N)=O)C2)nc2ccccc2c1=O. The van der Waals surface area contributed by atoms with Crippen LogP contribution in [0.25, 0.3) is 10.9 Å². The number of nitrogens with zero attached hydrogens (tertiary/aromatic N) is 3. The van der Waals surface area contributed by atoms with Gasteiger partial charge in [0.2, 0.25) is 11.8 Å². The number of thioether (sulfide) groups is 1. The number of hydrogen-bond donors (Lipinski definition) is 1. The van der Waals surface area contributed by atoms with E-state index in [9.17, 15) is 19.2 Å². The van der Waals surface area contributed by atoms with Gasteiger partial charge in [-0.25, -0.2) is 4.98 Å². The number of aromatic nitrogens is 2. The largest absolute Gasteiger partial charge is 0.468 e. The summed E-state index contributed by atoms with van der Waals surface area (Å²) in [5.74, 6) is -1.48. The Balaban J connectivity index is 1.82. The molecule has 3 rings (SSSR count). The molecule has 1 aliphatic heterocycles. The van der Waals surface area contributed by atoms with Crippen LogP contribution in [-0.2, 0) is 25.7 Å². The number of nitrogens with two attached hydrogens (primary N) is 1. The second-order valence-electron chi connectivity index (χ2n) is 6.75. The van der Waals surface area contributed by atoms with Crippen molar-refractivity contribution >= 4 is 40.4 Å². The zero-order valence-electron chi connectivity index (χ0n) is 16.0. The van der Waals surface area contributed by atoms with E-state index in [1.54, 1.807) is 29.2 Å². The van der Waals surface area contributed by atoms with Crippen LogP contribution < -0.4 is 11.3 Å². The monoisotopic (exact) mass is 418 g/mol. The molecule has 1 fully saturated rings. The highest BCUT2D eigenvalue weighted by molar-refractivity contribution is 7.99. The molecule has 1 aliphatic rings. The summed E-state index contributed by atoms with van der Waals surface area (Å²) in [6, 6.07) is 6.81. The molecule has 9 nitrogen and oxygen atoms in total. The number of carbonyl (C=O) groups excluding carboxylic acids is 3. The van der Waals surface area contributed by atoms with E-state index in [1.807, 2.05) is 0 Å². The second kappa shape index (κ2) is 9.08. The van der Waals surface area contributed by atoms with Gasteiger partial charge in [0.05, 0.1) is 29.7 Å². The Hall–Kier alpha value is -2.88. The highest BCUT2D eigenvalue weighted by atomic mass is 32.2. The number of hydrogen-bond acceptors (Lipinski definition) is 7. The van der Waals surface area contributed by atoms with Gasteiger partial charge >= 0.3 is 5.97 Å². The number of fused-ring (bicyclic) bond motifs is 1. The number of carbonyl (C=O) groups is 3. The van der Waals surface area contributed by atoms with E-state index in [2.05, 4.69) is 9.72 Å². The van der Waals surface area contributed by atoms with Gasteiger partial charge in [-0.05, 0) is 25.0 Å². The van der Waals surface area contributed by atoms with Crippen molar-refractivity contribution < 1.29 is 19.1 Å². The maximum atomic E-state index is 12.8. The van der Waals surface area contributed by atoms with Gasteiger partial charge < -0.3 is 15.4 Å². The fourth-order valence-corrected chi connectivity index (χ4v) is 4.15. The summed E-state index contributed by atoms with van der Waals surface area (Å²) in [5, 5.41) is 0.642. The molecule has 2 amide bonds. The lowest BCUT2D eigenvalue weighted by Crippen LogP contribution is -2.44. The van der Waals surface area contributed by atoms with Crippen LogP contribution in [0, 0.1) is 5.92 Å². The number of benzene rings is 1. The number of esters is 1. The molecule has 1 saturated heterocycles. The number of para-hydroxylation sites is 1. The van der Waals surface area contributed by atoms with Gasteiger partial charge in [0.1, 0.15) is 6.54 Å². The zero-order valence-corrected chi connectivity index (χ0v) is 16.8. The van der Waals surface area contributed by atoms with Crippen LogP contribution in [0.1, 0.15) is 12.8 Å². The van der Waals surface area contributed by atoms with Crippen LogP contribution in [-0.4, -0.2) is 58.2 Å². The summed E-state index contributed by atoms with van der Waals surface area (Å²) in [5.41, 5.74) is 5.48. The van der Waals surface area contributed by atoms with E-state index in [0.29, 0.717) is 36.8 Å². The summed E-state index contributed by atoms with van der Waals surface area (Å²) < 4.78 is 5.89. The topological polar surface area (TPSA) is 125 Å². The van der Waals surface area contributed by atoms with Crippen molar-refractivity contribution in [2.45, 2.75) is 24.5 Å². The Morgan fingerprint density at radius 3 is 2.79 bits per heavy atom. The summed E-state index contributed by atoms with van der Waals surface area (Å²) in [6.45, 7) is 0.565. The van der Waals surface area contributed by atoms with Crippen molar-refractivity contribution in [1.29, 1.82) is 0 Å². The molecule has 2 heterocycles. The van der Waals surface area contributed by atoms with E-state index >= 15 is 0 Å². The number of methoxy groups -OCH3 is 1. The van der Waals surface area contributed by atoms with Gasteiger partial charge in [-0.1, -0.05) is 23.9 Å². The maximum Gasteiger partial charge on any atom is 0.325 e. The van der Waals surface area contributed by atoms with Gasteiger partial charge in [-0.15, -0.1) is 0 Å². The van der Waals surface area contributed by atoms with Crippen molar-refractivity contribution in [3.63, 3.8) is 0 Å². The standard InChI is InChI=1S/C19H22N4O5S/c1-28-16(25)10-23-18(27)13-6-2-3-7-14(13)21-19(23)29-11-15(24)22-8-4-5-12(9-22)17(20)26/h2-3,6-7,12H,4-5,8-11H2,1H3,(H2,20,26). The molecule has 0 bridgehead atoms. The fraction of sp³-hybridized carbons (Fsp3) is 0.421. The second-order valence-corrected chi connectivity index (χ2v) is 7.69. The molecule has 0 saturated carbocycles. The minimum Gasteiger partial charge on any atom is -0.468 e. The fourth-order valence-electron chi connectivity index (χ4n) is 3.24. The predicted octanol–water partition coefficient (Wildman–Crippen LogP) is 0.386. The maximum absolute atomic E-state index is 12.8. The average molecular weight is 418 g/mol. The molecular formula is C19H22N4O5S. The number of amides is 2. The summed E-state index contributed by atoms with van der Waals surface area (Å²) in [7, 11) is 1.24. The minimum atomic E-state index is -0.585. The van der Waals surface area contributed by atoms with Crippen LogP contribution in [0.5, 0.6) is 0 Å². The molecular weight excluding hydrogens is 396 g/mol. The quantitative estimate of drug-likeness (QED) is 0.409. The van der Waals surface area contributed by atoms with Gasteiger partial charge in [0.15, 0.2) is 5.16 Å². The average Bonchev–Trinajstić information content (AvgIpc) is 2.74. The van der Waals surface area contributed by atoms with Crippen LogP contribution >= 0.6 is 11.8 Å². The lowest BCUT2D eigenvalue weighted by molar-refractivity contribution is -0.141. The highest BCUT2D eigenvalue weighted by Crippen LogP contribution is 2.21. The smallest absolute Gasteiger partial charge is 0.325 e. The Bertz CT molecular complexity index is 1010. The van der Waals surface area contributed by atoms with Crippen molar-refractivity contribution in [2.24, 2.45) is 11.7 Å². The van der Waals surface area contributed by atoms with Crippen molar-refractivity contribution in [3.05, 3.63) is 34.6 Å². The Morgan fingerprint density at radius 2 is 2.07 bits per heavy atom. The van der Waals surface area contributed by atoms with Crippen LogP contribution in [0.15, 0.2) is 34.2 Å². The Labute approximate surface area is 171 Å². The molecule has 1 aromatic carbocycles.